The molecule has 0 aromatic heterocycles. The zero-order valence-corrected chi connectivity index (χ0v) is 16.0. The first-order valence-electron chi connectivity index (χ1n) is 9.12. The molecule has 28 heavy (non-hydrogen) atoms. The zero-order valence-electron chi connectivity index (χ0n) is 15.2. The highest BCUT2D eigenvalue weighted by Crippen LogP contribution is 2.30. The second-order valence-corrected chi connectivity index (χ2v) is 8.34. The summed E-state index contributed by atoms with van der Waals surface area (Å²) in [5.74, 6) is 0.0746. The Kier molecular flexibility index (Phi) is 4.88. The van der Waals surface area contributed by atoms with E-state index in [0.717, 1.165) is 23.2 Å². The molecule has 0 unspecified atom stereocenters. The molecule has 3 aromatic carbocycles. The van der Waals surface area contributed by atoms with E-state index in [-0.39, 0.29) is 10.8 Å². The molecule has 142 valence electrons. The van der Waals surface area contributed by atoms with Crippen molar-refractivity contribution in [3.63, 3.8) is 0 Å². The Balaban J connectivity index is 1.61. The number of nitrogens with zero attached hydrogens (tertiary/aromatic N) is 1. The number of amides is 1. The standard InChI is InChI=1S/C22H20N2O3S/c25-22-11-6-16-24(22)18-12-14-19(15-13-18)28(26,27)23-21-10-5-4-9-20(21)17-7-2-1-3-8-17/h1-5,7-10,12-15,23H,6,11,16H2. The van der Waals surface area contributed by atoms with E-state index in [1.807, 2.05) is 42.5 Å². The molecule has 0 saturated carbocycles. The SMILES string of the molecule is O=C1CCCN1c1ccc(S(=O)(=O)Nc2ccccc2-c2ccccc2)cc1. The Labute approximate surface area is 164 Å². The third-order valence-electron chi connectivity index (χ3n) is 4.79. The third kappa shape index (κ3) is 3.64. The fourth-order valence-electron chi connectivity index (χ4n) is 3.37. The van der Waals surface area contributed by atoms with Crippen molar-refractivity contribution in [2.45, 2.75) is 17.7 Å². The molecule has 1 N–H and O–H groups in total. The Morgan fingerprint density at radius 2 is 1.50 bits per heavy atom. The van der Waals surface area contributed by atoms with E-state index in [1.165, 1.54) is 12.1 Å². The number of hydrogen-bond acceptors (Lipinski definition) is 3. The van der Waals surface area contributed by atoms with Gasteiger partial charge in [0.2, 0.25) is 5.91 Å². The van der Waals surface area contributed by atoms with Gasteiger partial charge in [0, 0.05) is 24.2 Å². The molecule has 5 nitrogen and oxygen atoms in total. The monoisotopic (exact) mass is 392 g/mol. The second-order valence-electron chi connectivity index (χ2n) is 6.66. The maximum atomic E-state index is 12.9. The lowest BCUT2D eigenvalue weighted by Gasteiger charge is -2.16. The molecule has 6 heteroatoms. The summed E-state index contributed by atoms with van der Waals surface area (Å²) < 4.78 is 28.5. The van der Waals surface area contributed by atoms with Gasteiger partial charge in [-0.2, -0.15) is 0 Å². The highest BCUT2D eigenvalue weighted by atomic mass is 32.2. The molecule has 0 spiro atoms. The third-order valence-corrected chi connectivity index (χ3v) is 6.17. The lowest BCUT2D eigenvalue weighted by Crippen LogP contribution is -2.23. The second kappa shape index (κ2) is 7.48. The van der Waals surface area contributed by atoms with Crippen molar-refractivity contribution in [2.75, 3.05) is 16.2 Å². The molecule has 0 bridgehead atoms. The van der Waals surface area contributed by atoms with Crippen molar-refractivity contribution in [3.8, 4) is 11.1 Å². The summed E-state index contributed by atoms with van der Waals surface area (Å²) in [6.45, 7) is 0.674. The molecule has 1 aliphatic heterocycles. The molecule has 0 aliphatic carbocycles. The lowest BCUT2D eigenvalue weighted by molar-refractivity contribution is -0.117. The summed E-state index contributed by atoms with van der Waals surface area (Å²) in [5, 5.41) is 0. The van der Waals surface area contributed by atoms with Crippen LogP contribution in [-0.4, -0.2) is 20.9 Å². The van der Waals surface area contributed by atoms with Crippen LogP contribution in [0.4, 0.5) is 11.4 Å². The van der Waals surface area contributed by atoms with Gasteiger partial charge in [0.1, 0.15) is 0 Å². The average molecular weight is 392 g/mol. The number of para-hydroxylation sites is 1. The van der Waals surface area contributed by atoms with Gasteiger partial charge in [-0.1, -0.05) is 48.5 Å². The van der Waals surface area contributed by atoms with E-state index in [9.17, 15) is 13.2 Å². The molecule has 1 amide bonds. The molecular formula is C22H20N2O3S. The molecule has 1 aliphatic rings. The van der Waals surface area contributed by atoms with Crippen LogP contribution in [0.25, 0.3) is 11.1 Å². The van der Waals surface area contributed by atoms with Crippen molar-refractivity contribution in [2.24, 2.45) is 0 Å². The highest BCUT2D eigenvalue weighted by molar-refractivity contribution is 7.92. The minimum atomic E-state index is -3.75. The van der Waals surface area contributed by atoms with Crippen LogP contribution in [0.15, 0.2) is 83.8 Å². The summed E-state index contributed by atoms with van der Waals surface area (Å²) >= 11 is 0. The smallest absolute Gasteiger partial charge is 0.261 e. The minimum absolute atomic E-state index is 0.0746. The van der Waals surface area contributed by atoms with Crippen LogP contribution >= 0.6 is 0 Å². The van der Waals surface area contributed by atoms with E-state index < -0.39 is 10.0 Å². The largest absolute Gasteiger partial charge is 0.312 e. The van der Waals surface area contributed by atoms with Crippen molar-refractivity contribution >= 4 is 27.3 Å². The van der Waals surface area contributed by atoms with Gasteiger partial charge in [0.15, 0.2) is 0 Å². The first kappa shape index (κ1) is 18.3. The fraction of sp³-hybridized carbons (Fsp3) is 0.136. The first-order valence-corrected chi connectivity index (χ1v) is 10.6. The number of carbonyl (C=O) groups is 1. The van der Waals surface area contributed by atoms with Crippen molar-refractivity contribution in [1.29, 1.82) is 0 Å². The van der Waals surface area contributed by atoms with Crippen molar-refractivity contribution in [1.82, 2.24) is 0 Å². The van der Waals surface area contributed by atoms with E-state index >= 15 is 0 Å². The quantitative estimate of drug-likeness (QED) is 0.705. The maximum Gasteiger partial charge on any atom is 0.261 e. The number of carbonyl (C=O) groups excluding carboxylic acids is 1. The number of hydrogen-bond donors (Lipinski definition) is 1. The van der Waals surface area contributed by atoms with Crippen LogP contribution in [0.1, 0.15) is 12.8 Å². The summed E-state index contributed by atoms with van der Waals surface area (Å²) in [4.78, 5) is 13.7. The number of anilines is 2. The lowest BCUT2D eigenvalue weighted by atomic mass is 10.0. The van der Waals surface area contributed by atoms with Gasteiger partial charge in [-0.25, -0.2) is 8.42 Å². The maximum absolute atomic E-state index is 12.9. The molecule has 1 heterocycles. The summed E-state index contributed by atoms with van der Waals surface area (Å²) in [7, 11) is -3.75. The summed E-state index contributed by atoms with van der Waals surface area (Å²) in [5.41, 5.74) is 2.99. The minimum Gasteiger partial charge on any atom is -0.312 e. The molecule has 4 rings (SSSR count). The van der Waals surface area contributed by atoms with Crippen molar-refractivity contribution < 1.29 is 13.2 Å². The highest BCUT2D eigenvalue weighted by Gasteiger charge is 2.22. The Morgan fingerprint density at radius 3 is 2.18 bits per heavy atom. The Hall–Kier alpha value is -3.12. The first-order chi connectivity index (χ1) is 13.5. The van der Waals surface area contributed by atoms with E-state index in [1.54, 1.807) is 29.2 Å². The molecule has 0 radical (unpaired) electrons. The van der Waals surface area contributed by atoms with E-state index in [4.69, 9.17) is 0 Å². The van der Waals surface area contributed by atoms with Crippen molar-refractivity contribution in [3.05, 3.63) is 78.9 Å². The van der Waals surface area contributed by atoms with Gasteiger partial charge in [-0.15, -0.1) is 0 Å². The number of rotatable bonds is 5. The average Bonchev–Trinajstić information content (AvgIpc) is 3.15. The molecule has 3 aromatic rings. The van der Waals surface area contributed by atoms with Crippen LogP contribution < -0.4 is 9.62 Å². The van der Waals surface area contributed by atoms with Crippen LogP contribution in [0.2, 0.25) is 0 Å². The van der Waals surface area contributed by atoms with E-state index in [0.29, 0.717) is 18.7 Å². The normalized spacial score (nSPS) is 14.3. The Bertz CT molecular complexity index is 1090. The van der Waals surface area contributed by atoms with Gasteiger partial charge in [-0.3, -0.25) is 9.52 Å². The molecule has 0 atom stereocenters. The molecular weight excluding hydrogens is 372 g/mol. The van der Waals surface area contributed by atoms with Crippen LogP contribution in [0.5, 0.6) is 0 Å². The number of nitrogens with one attached hydrogen (secondary N) is 1. The predicted octanol–water partition coefficient (Wildman–Crippen LogP) is 4.28. The van der Waals surface area contributed by atoms with E-state index in [2.05, 4.69) is 4.72 Å². The molecule has 1 saturated heterocycles. The van der Waals surface area contributed by atoms with Gasteiger partial charge in [-0.05, 0) is 42.3 Å². The molecule has 1 fully saturated rings. The number of benzene rings is 3. The number of sulfonamides is 1. The van der Waals surface area contributed by atoms with Crippen LogP contribution in [0, 0.1) is 0 Å². The van der Waals surface area contributed by atoms with Gasteiger partial charge >= 0.3 is 0 Å². The van der Waals surface area contributed by atoms with Crippen LogP contribution in [-0.2, 0) is 14.8 Å². The van der Waals surface area contributed by atoms with Gasteiger partial charge in [0.05, 0.1) is 10.6 Å². The summed E-state index contributed by atoms with van der Waals surface area (Å²) in [6.07, 6.45) is 1.37. The van der Waals surface area contributed by atoms with Gasteiger partial charge in [0.25, 0.3) is 10.0 Å². The topological polar surface area (TPSA) is 66.5 Å². The van der Waals surface area contributed by atoms with Gasteiger partial charge < -0.3 is 4.90 Å². The summed E-state index contributed by atoms with van der Waals surface area (Å²) in [6, 6.07) is 23.4. The Morgan fingerprint density at radius 1 is 0.821 bits per heavy atom. The zero-order chi connectivity index (χ0) is 19.6. The predicted molar refractivity (Wildman–Crippen MR) is 111 cm³/mol. The van der Waals surface area contributed by atoms with Crippen LogP contribution in [0.3, 0.4) is 0 Å². The fourth-order valence-corrected chi connectivity index (χ4v) is 4.45.